The van der Waals surface area contributed by atoms with Gasteiger partial charge in [-0.1, -0.05) is 41.9 Å². The largest absolute Gasteiger partial charge is 0.465 e. The van der Waals surface area contributed by atoms with E-state index in [1.54, 1.807) is 24.3 Å². The molecular weight excluding hydrogens is 578 g/mol. The number of aliphatic hydroxyl groups is 1. The molecule has 3 amide bonds. The highest BCUT2D eigenvalue weighted by atomic mass is 35.5. The Hall–Kier alpha value is -5.01. The fourth-order valence-electron chi connectivity index (χ4n) is 4.82. The minimum atomic E-state index is -1.06. The van der Waals surface area contributed by atoms with Gasteiger partial charge < -0.3 is 36.0 Å². The maximum Gasteiger partial charge on any atom is 0.404 e. The van der Waals surface area contributed by atoms with E-state index in [9.17, 15) is 24.3 Å². The Morgan fingerprint density at radius 2 is 1.81 bits per heavy atom. The van der Waals surface area contributed by atoms with Crippen LogP contribution in [-0.2, 0) is 0 Å². The maximum absolute atomic E-state index is 13.1. The normalized spacial score (nSPS) is 14.2. The molecule has 0 aliphatic carbocycles. The minimum absolute atomic E-state index is 0.117. The summed E-state index contributed by atoms with van der Waals surface area (Å²) in [5.74, 6) is -0.863. The SMILES string of the molecule is O=C(O)NC1CCN(c2ncc3cc(C(=O)Nc4cc(C(=O)NC(CO)c5ccccc5)ccc4Cl)c(=O)[nH]c3n2)CC1. The molecule has 1 unspecified atom stereocenters. The molecule has 0 bridgehead atoms. The number of pyridine rings is 1. The molecule has 0 radical (unpaired) electrons. The van der Waals surface area contributed by atoms with Gasteiger partial charge in [-0.15, -0.1) is 0 Å². The lowest BCUT2D eigenvalue weighted by atomic mass is 10.1. The van der Waals surface area contributed by atoms with Crippen molar-refractivity contribution in [1.29, 1.82) is 0 Å². The average molecular weight is 606 g/mol. The number of carbonyl (C=O) groups excluding carboxylic acids is 2. The van der Waals surface area contributed by atoms with Gasteiger partial charge in [0.25, 0.3) is 17.4 Å². The zero-order valence-corrected chi connectivity index (χ0v) is 23.5. The predicted molar refractivity (Wildman–Crippen MR) is 160 cm³/mol. The number of nitrogens with one attached hydrogen (secondary N) is 4. The highest BCUT2D eigenvalue weighted by molar-refractivity contribution is 6.34. The van der Waals surface area contributed by atoms with Crippen molar-refractivity contribution in [3.8, 4) is 0 Å². The molecule has 2 aromatic heterocycles. The number of H-pyrrole nitrogens is 1. The second-order valence-electron chi connectivity index (χ2n) is 9.96. The second-order valence-corrected chi connectivity index (χ2v) is 10.4. The summed E-state index contributed by atoms with van der Waals surface area (Å²) in [5.41, 5.74) is 0.380. The van der Waals surface area contributed by atoms with Crippen molar-refractivity contribution in [3.05, 3.63) is 92.9 Å². The van der Waals surface area contributed by atoms with Gasteiger partial charge in [-0.25, -0.2) is 9.78 Å². The molecular formula is C29H28ClN7O6. The van der Waals surface area contributed by atoms with Crippen LogP contribution in [0.4, 0.5) is 16.4 Å². The Morgan fingerprint density at radius 1 is 1.07 bits per heavy atom. The third-order valence-corrected chi connectivity index (χ3v) is 7.43. The lowest BCUT2D eigenvalue weighted by Gasteiger charge is -2.31. The topological polar surface area (TPSA) is 190 Å². The number of hydrogen-bond donors (Lipinski definition) is 6. The molecule has 1 aliphatic heterocycles. The number of carbonyl (C=O) groups is 3. The van der Waals surface area contributed by atoms with Gasteiger partial charge in [-0.3, -0.25) is 14.4 Å². The van der Waals surface area contributed by atoms with E-state index in [1.807, 2.05) is 11.0 Å². The molecule has 13 nitrogen and oxygen atoms in total. The monoisotopic (exact) mass is 605 g/mol. The van der Waals surface area contributed by atoms with Gasteiger partial charge >= 0.3 is 6.09 Å². The fraction of sp³-hybridized carbons (Fsp3) is 0.241. The van der Waals surface area contributed by atoms with Crippen LogP contribution in [0.5, 0.6) is 0 Å². The molecule has 4 aromatic rings. The minimum Gasteiger partial charge on any atom is -0.465 e. The third-order valence-electron chi connectivity index (χ3n) is 7.10. The quantitative estimate of drug-likeness (QED) is 0.175. The Morgan fingerprint density at radius 3 is 2.51 bits per heavy atom. The van der Waals surface area contributed by atoms with Crippen LogP contribution in [0.3, 0.4) is 0 Å². The van der Waals surface area contributed by atoms with Gasteiger partial charge in [0, 0.05) is 36.3 Å². The van der Waals surface area contributed by atoms with Crippen LogP contribution in [-0.4, -0.2) is 68.8 Å². The third kappa shape index (κ3) is 6.90. The van der Waals surface area contributed by atoms with Gasteiger partial charge in [-0.2, -0.15) is 4.98 Å². The van der Waals surface area contributed by atoms with Crippen molar-refractivity contribution >= 4 is 52.2 Å². The van der Waals surface area contributed by atoms with E-state index >= 15 is 0 Å². The van der Waals surface area contributed by atoms with Gasteiger partial charge in [0.05, 0.1) is 23.4 Å². The number of hydrogen-bond acceptors (Lipinski definition) is 8. The first-order chi connectivity index (χ1) is 20.7. The van der Waals surface area contributed by atoms with E-state index < -0.39 is 29.5 Å². The number of anilines is 2. The molecule has 0 spiro atoms. The van der Waals surface area contributed by atoms with Crippen LogP contribution in [0.2, 0.25) is 5.02 Å². The van der Waals surface area contributed by atoms with E-state index in [-0.39, 0.29) is 40.1 Å². The van der Waals surface area contributed by atoms with Crippen molar-refractivity contribution in [3.63, 3.8) is 0 Å². The number of benzene rings is 2. The predicted octanol–water partition coefficient (Wildman–Crippen LogP) is 2.92. The summed E-state index contributed by atoms with van der Waals surface area (Å²) >= 11 is 6.29. The summed E-state index contributed by atoms with van der Waals surface area (Å²) in [6.07, 6.45) is 1.61. The number of carboxylic acid groups (broad SMARTS) is 1. The number of aromatic nitrogens is 3. The van der Waals surface area contributed by atoms with Gasteiger partial charge in [0.1, 0.15) is 11.2 Å². The number of aromatic amines is 1. The van der Waals surface area contributed by atoms with Crippen LogP contribution in [0, 0.1) is 0 Å². The van der Waals surface area contributed by atoms with Crippen molar-refractivity contribution in [2.75, 3.05) is 29.9 Å². The lowest BCUT2D eigenvalue weighted by Crippen LogP contribution is -2.44. The Bertz CT molecular complexity index is 1720. The van der Waals surface area contributed by atoms with Gasteiger partial charge in [0.2, 0.25) is 5.95 Å². The highest BCUT2D eigenvalue weighted by Crippen LogP contribution is 2.25. The Labute approximate surface area is 249 Å². The second kappa shape index (κ2) is 12.9. The number of piperidine rings is 1. The standard InChI is InChI=1S/C29H28ClN7O6/c30-21-7-6-17(25(39)34-23(15-38)16-4-2-1-3-5-16)13-22(21)33-26(40)20-12-18-14-31-28(36-24(18)35-27(20)41)37-10-8-19(9-11-37)32-29(42)43/h1-7,12-14,19,23,32,38H,8-11,15H2,(H,33,40)(H,34,39)(H,42,43)(H,31,35,36,41). The molecule has 0 saturated carbocycles. The van der Waals surface area contributed by atoms with Crippen LogP contribution >= 0.6 is 11.6 Å². The average Bonchev–Trinajstić information content (AvgIpc) is 3.00. The van der Waals surface area contributed by atoms with E-state index in [1.165, 1.54) is 30.5 Å². The summed E-state index contributed by atoms with van der Waals surface area (Å²) in [4.78, 5) is 63.1. The smallest absolute Gasteiger partial charge is 0.404 e. The fourth-order valence-corrected chi connectivity index (χ4v) is 4.98. The van der Waals surface area contributed by atoms with Crippen molar-refractivity contribution in [2.24, 2.45) is 0 Å². The number of amides is 3. The van der Waals surface area contributed by atoms with Crippen LogP contribution in [0.25, 0.3) is 11.0 Å². The summed E-state index contributed by atoms with van der Waals surface area (Å²) < 4.78 is 0. The summed E-state index contributed by atoms with van der Waals surface area (Å²) in [7, 11) is 0. The highest BCUT2D eigenvalue weighted by Gasteiger charge is 2.23. The first kappa shape index (κ1) is 29.5. The molecule has 2 aromatic carbocycles. The molecule has 1 aliphatic rings. The van der Waals surface area contributed by atoms with Crippen molar-refractivity contribution in [2.45, 2.75) is 24.9 Å². The molecule has 1 saturated heterocycles. The number of nitrogens with zero attached hydrogens (tertiary/aromatic N) is 3. The maximum atomic E-state index is 13.1. The molecule has 1 atom stereocenters. The van der Waals surface area contributed by atoms with Crippen LogP contribution in [0.1, 0.15) is 45.2 Å². The van der Waals surface area contributed by atoms with Gasteiger partial charge in [-0.05, 0) is 42.7 Å². The Kier molecular flexibility index (Phi) is 8.83. The summed E-state index contributed by atoms with van der Waals surface area (Å²) in [6.45, 7) is 0.753. The number of aliphatic hydroxyl groups excluding tert-OH is 1. The first-order valence-corrected chi connectivity index (χ1v) is 13.8. The molecule has 222 valence electrons. The lowest BCUT2D eigenvalue weighted by molar-refractivity contribution is 0.0915. The molecule has 5 rings (SSSR count). The van der Waals surface area contributed by atoms with Crippen molar-refractivity contribution < 1.29 is 24.6 Å². The van der Waals surface area contributed by atoms with E-state index in [2.05, 4.69) is 30.9 Å². The molecule has 3 heterocycles. The number of fused-ring (bicyclic) bond motifs is 1. The molecule has 14 heteroatoms. The zero-order valence-electron chi connectivity index (χ0n) is 22.7. The van der Waals surface area contributed by atoms with Crippen LogP contribution in [0.15, 0.2) is 65.6 Å². The van der Waals surface area contributed by atoms with E-state index in [0.29, 0.717) is 37.3 Å². The summed E-state index contributed by atoms with van der Waals surface area (Å²) in [5, 5.41) is 27.1. The molecule has 6 N–H and O–H groups in total. The molecule has 1 fully saturated rings. The van der Waals surface area contributed by atoms with Crippen LogP contribution < -0.4 is 26.4 Å². The summed E-state index contributed by atoms with van der Waals surface area (Å²) in [6, 6.07) is 13.9. The Balaban J connectivity index is 1.30. The zero-order chi connectivity index (χ0) is 30.5. The van der Waals surface area contributed by atoms with E-state index in [0.717, 1.165) is 5.56 Å². The molecule has 43 heavy (non-hydrogen) atoms. The van der Waals surface area contributed by atoms with Gasteiger partial charge in [0.15, 0.2) is 0 Å². The number of halogens is 1. The van der Waals surface area contributed by atoms with Crippen molar-refractivity contribution in [1.82, 2.24) is 25.6 Å². The number of rotatable bonds is 8. The first-order valence-electron chi connectivity index (χ1n) is 13.4. The van der Waals surface area contributed by atoms with E-state index in [4.69, 9.17) is 16.7 Å².